The van der Waals surface area contributed by atoms with Gasteiger partial charge in [-0.05, 0) is 23.8 Å². The zero-order chi connectivity index (χ0) is 12.4. The summed E-state index contributed by atoms with van der Waals surface area (Å²) in [7, 11) is 0. The third-order valence-corrected chi connectivity index (χ3v) is 2.97. The van der Waals surface area contributed by atoms with Crippen molar-refractivity contribution >= 4 is 29.2 Å². The number of pyridine rings is 1. The van der Waals surface area contributed by atoms with E-state index < -0.39 is 5.97 Å². The summed E-state index contributed by atoms with van der Waals surface area (Å²) in [4.78, 5) is 14.5. The molecule has 2 aromatic rings. The molecule has 0 saturated carbocycles. The van der Waals surface area contributed by atoms with E-state index in [-0.39, 0.29) is 5.69 Å². The third-order valence-electron chi connectivity index (χ3n) is 2.24. The lowest BCUT2D eigenvalue weighted by Crippen LogP contribution is -1.99. The summed E-state index contributed by atoms with van der Waals surface area (Å²) < 4.78 is 0. The Morgan fingerprint density at radius 1 is 1.06 bits per heavy atom. The first-order valence-electron chi connectivity index (χ1n) is 4.72. The number of nitrogens with zero attached hydrogens (tertiary/aromatic N) is 1. The van der Waals surface area contributed by atoms with Crippen LogP contribution < -0.4 is 0 Å². The van der Waals surface area contributed by atoms with Crippen LogP contribution in [0, 0.1) is 0 Å². The first kappa shape index (κ1) is 11.9. The van der Waals surface area contributed by atoms with Gasteiger partial charge in [-0.15, -0.1) is 0 Å². The minimum Gasteiger partial charge on any atom is -0.477 e. The van der Waals surface area contributed by atoms with E-state index in [9.17, 15) is 4.79 Å². The van der Waals surface area contributed by atoms with Crippen molar-refractivity contribution in [2.45, 2.75) is 0 Å². The molecule has 0 aliphatic heterocycles. The molecule has 0 fully saturated rings. The molecule has 2 rings (SSSR count). The van der Waals surface area contributed by atoms with E-state index in [0.717, 1.165) is 11.1 Å². The van der Waals surface area contributed by atoms with Crippen LogP contribution in [-0.2, 0) is 0 Å². The lowest BCUT2D eigenvalue weighted by molar-refractivity contribution is 0.0690. The smallest absolute Gasteiger partial charge is 0.354 e. The summed E-state index contributed by atoms with van der Waals surface area (Å²) in [6.45, 7) is 0. The molecule has 0 amide bonds. The highest BCUT2D eigenvalue weighted by Crippen LogP contribution is 2.28. The predicted molar refractivity (Wildman–Crippen MR) is 66.7 cm³/mol. The molecule has 0 aliphatic carbocycles. The maximum atomic E-state index is 10.6. The highest BCUT2D eigenvalue weighted by Gasteiger charge is 2.06. The maximum Gasteiger partial charge on any atom is 0.354 e. The topological polar surface area (TPSA) is 50.2 Å². The summed E-state index contributed by atoms with van der Waals surface area (Å²) in [6, 6.07) is 8.31. The predicted octanol–water partition coefficient (Wildman–Crippen LogP) is 3.75. The SMILES string of the molecule is O=C(O)c1ccc(-c2ccc(Cl)c(Cl)c2)cn1. The van der Waals surface area contributed by atoms with Crippen molar-refractivity contribution < 1.29 is 9.90 Å². The number of hydrogen-bond acceptors (Lipinski definition) is 2. The Hall–Kier alpha value is -1.58. The lowest BCUT2D eigenvalue weighted by Gasteiger charge is -2.03. The van der Waals surface area contributed by atoms with E-state index in [1.807, 2.05) is 0 Å². The fourth-order valence-electron chi connectivity index (χ4n) is 1.37. The Morgan fingerprint density at radius 2 is 1.76 bits per heavy atom. The van der Waals surface area contributed by atoms with Gasteiger partial charge in [-0.2, -0.15) is 0 Å². The Morgan fingerprint density at radius 3 is 2.29 bits per heavy atom. The number of rotatable bonds is 2. The summed E-state index contributed by atoms with van der Waals surface area (Å²) in [5.74, 6) is -1.05. The molecule has 1 heterocycles. The van der Waals surface area contributed by atoms with Crippen molar-refractivity contribution in [2.24, 2.45) is 0 Å². The normalized spacial score (nSPS) is 10.2. The van der Waals surface area contributed by atoms with Gasteiger partial charge in [-0.25, -0.2) is 9.78 Å². The van der Waals surface area contributed by atoms with Gasteiger partial charge < -0.3 is 5.11 Å². The standard InChI is InChI=1S/C12H7Cl2NO2/c13-9-3-1-7(5-10(9)14)8-2-4-11(12(16)17)15-6-8/h1-6H,(H,16,17). The summed E-state index contributed by atoms with van der Waals surface area (Å²) in [5.41, 5.74) is 1.63. The molecule has 0 saturated heterocycles. The second kappa shape index (κ2) is 4.73. The van der Waals surface area contributed by atoms with Gasteiger partial charge in [-0.3, -0.25) is 0 Å². The first-order valence-corrected chi connectivity index (χ1v) is 5.48. The molecule has 1 aromatic heterocycles. The van der Waals surface area contributed by atoms with Crippen molar-refractivity contribution in [1.29, 1.82) is 0 Å². The highest BCUT2D eigenvalue weighted by atomic mass is 35.5. The van der Waals surface area contributed by atoms with Gasteiger partial charge >= 0.3 is 5.97 Å². The summed E-state index contributed by atoms with van der Waals surface area (Å²) in [5, 5.41) is 9.65. The lowest BCUT2D eigenvalue weighted by atomic mass is 10.1. The second-order valence-electron chi connectivity index (χ2n) is 3.37. The van der Waals surface area contributed by atoms with Crippen LogP contribution in [0.3, 0.4) is 0 Å². The van der Waals surface area contributed by atoms with Crippen LogP contribution in [-0.4, -0.2) is 16.1 Å². The van der Waals surface area contributed by atoms with Gasteiger partial charge in [0.2, 0.25) is 0 Å². The molecule has 0 radical (unpaired) electrons. The second-order valence-corrected chi connectivity index (χ2v) is 4.18. The number of benzene rings is 1. The van der Waals surface area contributed by atoms with Crippen LogP contribution >= 0.6 is 23.2 Å². The van der Waals surface area contributed by atoms with Crippen LogP contribution in [0.5, 0.6) is 0 Å². The van der Waals surface area contributed by atoms with Crippen LogP contribution in [0.2, 0.25) is 10.0 Å². The zero-order valence-corrected chi connectivity index (χ0v) is 10.0. The van der Waals surface area contributed by atoms with E-state index in [4.69, 9.17) is 28.3 Å². The first-order chi connectivity index (χ1) is 8.08. The molecule has 1 N–H and O–H groups in total. The van der Waals surface area contributed by atoms with Crippen LogP contribution in [0.25, 0.3) is 11.1 Å². The fourth-order valence-corrected chi connectivity index (χ4v) is 1.66. The Kier molecular flexibility index (Phi) is 3.31. The number of halogens is 2. The van der Waals surface area contributed by atoms with Crippen molar-refractivity contribution in [3.05, 3.63) is 52.3 Å². The van der Waals surface area contributed by atoms with Gasteiger partial charge in [-0.1, -0.05) is 35.3 Å². The molecule has 0 aliphatic rings. The number of aromatic carboxylic acids is 1. The minimum absolute atomic E-state index is 0.00816. The Bertz CT molecular complexity index is 567. The molecule has 3 nitrogen and oxygen atoms in total. The number of aromatic nitrogens is 1. The minimum atomic E-state index is -1.05. The number of carboxylic acids is 1. The van der Waals surface area contributed by atoms with E-state index >= 15 is 0 Å². The molecular formula is C12H7Cl2NO2. The Labute approximate surface area is 108 Å². The van der Waals surface area contributed by atoms with E-state index in [0.29, 0.717) is 10.0 Å². The quantitative estimate of drug-likeness (QED) is 0.902. The van der Waals surface area contributed by atoms with Crippen molar-refractivity contribution in [1.82, 2.24) is 4.98 Å². The van der Waals surface area contributed by atoms with Gasteiger partial charge in [0.25, 0.3) is 0 Å². The highest BCUT2D eigenvalue weighted by molar-refractivity contribution is 6.42. The van der Waals surface area contributed by atoms with Gasteiger partial charge in [0.05, 0.1) is 10.0 Å². The molecule has 17 heavy (non-hydrogen) atoms. The number of carbonyl (C=O) groups is 1. The molecule has 0 spiro atoms. The van der Waals surface area contributed by atoms with Crippen LogP contribution in [0.1, 0.15) is 10.5 Å². The summed E-state index contributed by atoms with van der Waals surface area (Å²) >= 11 is 11.7. The Balaban J connectivity index is 2.39. The van der Waals surface area contributed by atoms with Crippen molar-refractivity contribution in [2.75, 3.05) is 0 Å². The molecule has 0 unspecified atom stereocenters. The third kappa shape index (κ3) is 2.57. The van der Waals surface area contributed by atoms with Crippen LogP contribution in [0.15, 0.2) is 36.5 Å². The van der Waals surface area contributed by atoms with Crippen molar-refractivity contribution in [3.63, 3.8) is 0 Å². The van der Waals surface area contributed by atoms with Gasteiger partial charge in [0.15, 0.2) is 0 Å². The number of carboxylic acid groups (broad SMARTS) is 1. The average molecular weight is 268 g/mol. The molecule has 1 aromatic carbocycles. The molecule has 5 heteroatoms. The zero-order valence-electron chi connectivity index (χ0n) is 8.52. The number of hydrogen-bond donors (Lipinski definition) is 1. The van der Waals surface area contributed by atoms with E-state index in [2.05, 4.69) is 4.98 Å². The maximum absolute atomic E-state index is 10.6. The molecule has 0 atom stereocenters. The largest absolute Gasteiger partial charge is 0.477 e. The van der Waals surface area contributed by atoms with Gasteiger partial charge in [0, 0.05) is 11.8 Å². The molecular weight excluding hydrogens is 261 g/mol. The molecule has 86 valence electrons. The van der Waals surface area contributed by atoms with Crippen molar-refractivity contribution in [3.8, 4) is 11.1 Å². The fraction of sp³-hybridized carbons (Fsp3) is 0. The summed E-state index contributed by atoms with van der Waals surface area (Å²) in [6.07, 6.45) is 1.49. The monoisotopic (exact) mass is 267 g/mol. The van der Waals surface area contributed by atoms with Crippen LogP contribution in [0.4, 0.5) is 0 Å². The van der Waals surface area contributed by atoms with Gasteiger partial charge in [0.1, 0.15) is 5.69 Å². The molecule has 0 bridgehead atoms. The van der Waals surface area contributed by atoms with E-state index in [1.54, 1.807) is 24.3 Å². The van der Waals surface area contributed by atoms with E-state index in [1.165, 1.54) is 12.3 Å². The average Bonchev–Trinajstić information content (AvgIpc) is 2.33.